The van der Waals surface area contributed by atoms with Crippen LogP contribution < -0.4 is 20.3 Å². The van der Waals surface area contributed by atoms with Crippen molar-refractivity contribution in [1.82, 2.24) is 24.8 Å². The van der Waals surface area contributed by atoms with Crippen molar-refractivity contribution in [1.29, 1.82) is 0 Å². The third-order valence-corrected chi connectivity index (χ3v) is 8.17. The first-order valence-corrected chi connectivity index (χ1v) is 14.7. The number of H-pyrrole nitrogens is 2. The molecule has 4 N–H and O–H groups in total. The Morgan fingerprint density at radius 3 is 2.52 bits per heavy atom. The van der Waals surface area contributed by atoms with Crippen LogP contribution in [0.2, 0.25) is 5.02 Å². The Morgan fingerprint density at radius 1 is 1.11 bits per heavy atom. The first kappa shape index (κ1) is 31.4. The lowest BCUT2D eigenvalue weighted by molar-refractivity contribution is -0.274. The van der Waals surface area contributed by atoms with Gasteiger partial charge in [0.25, 0.3) is 17.4 Å². The van der Waals surface area contributed by atoms with E-state index in [4.69, 9.17) is 16.3 Å². The van der Waals surface area contributed by atoms with Crippen LogP contribution in [-0.2, 0) is 0 Å². The van der Waals surface area contributed by atoms with E-state index in [0.29, 0.717) is 29.6 Å². The molecule has 4 aromatic rings. The number of rotatable bonds is 9. The summed E-state index contributed by atoms with van der Waals surface area (Å²) in [5.41, 5.74) is 1.37. The van der Waals surface area contributed by atoms with Gasteiger partial charge >= 0.3 is 6.36 Å². The molecular formula is C30H28ClF3N6O6. The number of alkyl halides is 3. The van der Waals surface area contributed by atoms with E-state index in [1.807, 2.05) is 7.05 Å². The van der Waals surface area contributed by atoms with Crippen LogP contribution in [0, 0.1) is 0 Å². The molecule has 1 fully saturated rings. The summed E-state index contributed by atoms with van der Waals surface area (Å²) in [5, 5.41) is 13.2. The number of benzene rings is 2. The number of hydrogen-bond donors (Lipinski definition) is 4. The summed E-state index contributed by atoms with van der Waals surface area (Å²) in [6.07, 6.45) is -3.19. The number of carbonyl (C=O) groups excluding carboxylic acids is 2. The number of aromatic amines is 2. The molecule has 0 aliphatic carbocycles. The van der Waals surface area contributed by atoms with Gasteiger partial charge in [0, 0.05) is 24.8 Å². The number of halogens is 4. The lowest BCUT2D eigenvalue weighted by Crippen LogP contribution is -2.46. The van der Waals surface area contributed by atoms with Crippen molar-refractivity contribution >= 4 is 40.1 Å². The molecule has 12 nitrogen and oxygen atoms in total. The summed E-state index contributed by atoms with van der Waals surface area (Å²) in [7, 11) is 2.00. The highest BCUT2D eigenvalue weighted by Crippen LogP contribution is 2.34. The Kier molecular flexibility index (Phi) is 8.39. The molecule has 242 valence electrons. The number of imidazole rings is 1. The van der Waals surface area contributed by atoms with Crippen LogP contribution in [0.4, 0.5) is 18.9 Å². The highest BCUT2D eigenvalue weighted by molar-refractivity contribution is 6.32. The van der Waals surface area contributed by atoms with Gasteiger partial charge < -0.3 is 34.8 Å². The average Bonchev–Trinajstić information content (AvgIpc) is 3.52. The van der Waals surface area contributed by atoms with Crippen molar-refractivity contribution in [3.8, 4) is 22.9 Å². The lowest BCUT2D eigenvalue weighted by atomic mass is 10.0. The van der Waals surface area contributed by atoms with E-state index in [1.54, 1.807) is 18.2 Å². The van der Waals surface area contributed by atoms with Crippen molar-refractivity contribution in [2.75, 3.05) is 38.6 Å². The number of nitrogens with zero attached hydrogens (tertiary/aromatic N) is 3. The van der Waals surface area contributed by atoms with Crippen molar-refractivity contribution in [3.05, 3.63) is 69.1 Å². The van der Waals surface area contributed by atoms with Crippen LogP contribution >= 0.6 is 11.6 Å². The number of aliphatic hydroxyl groups is 1. The zero-order valence-corrected chi connectivity index (χ0v) is 25.0. The van der Waals surface area contributed by atoms with Gasteiger partial charge in [0.2, 0.25) is 0 Å². The topological polar surface area (TPSA) is 153 Å². The van der Waals surface area contributed by atoms with Crippen molar-refractivity contribution in [2.24, 2.45) is 0 Å². The van der Waals surface area contributed by atoms with Crippen molar-refractivity contribution in [2.45, 2.75) is 31.3 Å². The van der Waals surface area contributed by atoms with Gasteiger partial charge in [-0.05, 0) is 63.3 Å². The van der Waals surface area contributed by atoms with Crippen LogP contribution in [0.1, 0.15) is 33.6 Å². The van der Waals surface area contributed by atoms with Gasteiger partial charge in [-0.15, -0.1) is 13.2 Å². The quantitative estimate of drug-likeness (QED) is 0.195. The molecule has 1 unspecified atom stereocenters. The summed E-state index contributed by atoms with van der Waals surface area (Å²) in [5.74, 6) is -1.01. The number of amides is 2. The number of pyridine rings is 1. The van der Waals surface area contributed by atoms with Crippen LogP contribution in [-0.4, -0.2) is 93.5 Å². The van der Waals surface area contributed by atoms with Gasteiger partial charge in [-0.2, -0.15) is 0 Å². The summed E-state index contributed by atoms with van der Waals surface area (Å²) < 4.78 is 46.7. The number of piperidine rings is 1. The zero-order chi connectivity index (χ0) is 32.7. The molecule has 2 aliphatic heterocycles. The van der Waals surface area contributed by atoms with E-state index in [-0.39, 0.29) is 64.3 Å². The minimum absolute atomic E-state index is 0.0796. The first-order valence-electron chi connectivity index (χ1n) is 14.3. The average molecular weight is 661 g/mol. The Balaban J connectivity index is 1.15. The number of fused-ring (bicyclic) bond motifs is 2. The largest absolute Gasteiger partial charge is 0.573 e. The Hall–Kier alpha value is -4.60. The molecule has 2 aliphatic rings. The maximum atomic E-state index is 13.3. The second kappa shape index (κ2) is 12.3. The van der Waals surface area contributed by atoms with E-state index in [1.165, 1.54) is 17.2 Å². The van der Waals surface area contributed by atoms with Crippen molar-refractivity contribution < 1.29 is 37.3 Å². The monoisotopic (exact) mass is 660 g/mol. The lowest BCUT2D eigenvalue weighted by Gasteiger charge is -2.33. The smallest absolute Gasteiger partial charge is 0.491 e. The predicted octanol–water partition coefficient (Wildman–Crippen LogP) is 4.01. The van der Waals surface area contributed by atoms with Crippen LogP contribution in [0.25, 0.3) is 22.4 Å². The standard InChI is InChI=1S/C30H28ClF3N6O6/c1-39-8-5-15(6-9-39)40-28(43)18-11-22-23(12-19(18)29(40)44)38-26(37-22)25-21(4-7-35-27(25)42)36-13-16(41)14-45-17-2-3-24(20(31)10-17)46-30(32,33)34/h2-4,7,10-12,15-16,41H,5-6,8-9,13-14H2,1H3,(H,37,38)(H2,35,36,42). The zero-order valence-electron chi connectivity index (χ0n) is 24.3. The van der Waals surface area contributed by atoms with Gasteiger partial charge in [-0.3, -0.25) is 19.3 Å². The van der Waals surface area contributed by atoms with Crippen molar-refractivity contribution in [3.63, 3.8) is 0 Å². The maximum absolute atomic E-state index is 13.3. The van der Waals surface area contributed by atoms with E-state index >= 15 is 0 Å². The molecule has 0 saturated carbocycles. The number of likely N-dealkylation sites (tertiary alicyclic amines) is 1. The van der Waals surface area contributed by atoms with Gasteiger partial charge in [0.05, 0.1) is 32.9 Å². The minimum Gasteiger partial charge on any atom is -0.491 e. The molecule has 0 radical (unpaired) electrons. The molecule has 6 rings (SSSR count). The molecule has 2 aromatic heterocycles. The summed E-state index contributed by atoms with van der Waals surface area (Å²) in [6.45, 7) is 1.25. The number of aromatic nitrogens is 3. The minimum atomic E-state index is -4.90. The number of hydrogen-bond acceptors (Lipinski definition) is 9. The molecule has 2 amide bonds. The summed E-state index contributed by atoms with van der Waals surface area (Å²) >= 11 is 5.84. The van der Waals surface area contributed by atoms with Gasteiger partial charge in [0.1, 0.15) is 35.6 Å². The Labute approximate surface area is 264 Å². The highest BCUT2D eigenvalue weighted by atomic mass is 35.5. The fourth-order valence-electron chi connectivity index (χ4n) is 5.58. The number of aliphatic hydroxyl groups excluding tert-OH is 1. The van der Waals surface area contributed by atoms with Crippen LogP contribution in [0.3, 0.4) is 0 Å². The number of ether oxygens (including phenoxy) is 2. The normalized spacial score (nSPS) is 16.6. The molecule has 2 aromatic carbocycles. The van der Waals surface area contributed by atoms with E-state index in [2.05, 4.69) is 29.9 Å². The van der Waals surface area contributed by atoms with Gasteiger partial charge in [-0.25, -0.2) is 4.98 Å². The number of imide groups is 1. The molecular weight excluding hydrogens is 633 g/mol. The first-order chi connectivity index (χ1) is 21.9. The highest BCUT2D eigenvalue weighted by Gasteiger charge is 2.41. The second-order valence-corrected chi connectivity index (χ2v) is 11.5. The predicted molar refractivity (Wildman–Crippen MR) is 161 cm³/mol. The van der Waals surface area contributed by atoms with E-state index < -0.39 is 23.8 Å². The molecule has 1 atom stereocenters. The Morgan fingerprint density at radius 2 is 1.83 bits per heavy atom. The van der Waals surface area contributed by atoms with E-state index in [9.17, 15) is 32.7 Å². The number of anilines is 1. The molecule has 1 saturated heterocycles. The molecule has 0 bridgehead atoms. The second-order valence-electron chi connectivity index (χ2n) is 11.1. The molecule has 0 spiro atoms. The van der Waals surface area contributed by atoms with Crippen LogP contribution in [0.15, 0.2) is 47.4 Å². The fraction of sp³-hybridized carbons (Fsp3) is 0.333. The number of carbonyl (C=O) groups is 2. The van der Waals surface area contributed by atoms with E-state index in [0.717, 1.165) is 25.2 Å². The molecule has 4 heterocycles. The molecule has 46 heavy (non-hydrogen) atoms. The summed E-state index contributed by atoms with van der Waals surface area (Å²) in [6, 6.07) is 7.88. The SMILES string of the molecule is CN1CCC(N2C(=O)c3cc4nc(-c5c(NCC(O)COc6ccc(OC(F)(F)F)c(Cl)c6)cc[nH]c5=O)[nH]c4cc3C2=O)CC1. The summed E-state index contributed by atoms with van der Waals surface area (Å²) in [4.78, 5) is 53.2. The fourth-order valence-corrected chi connectivity index (χ4v) is 5.79. The maximum Gasteiger partial charge on any atom is 0.573 e. The third kappa shape index (κ3) is 6.38. The number of nitrogens with one attached hydrogen (secondary N) is 3. The van der Waals surface area contributed by atoms with Gasteiger partial charge in [0.15, 0.2) is 0 Å². The van der Waals surface area contributed by atoms with Gasteiger partial charge in [-0.1, -0.05) is 11.6 Å². The van der Waals surface area contributed by atoms with Crippen LogP contribution in [0.5, 0.6) is 11.5 Å². The Bertz CT molecular complexity index is 1820. The third-order valence-electron chi connectivity index (χ3n) is 7.87. The molecule has 16 heteroatoms.